The molecule has 4 rings (SSSR count). The van der Waals surface area contributed by atoms with E-state index in [2.05, 4.69) is 29.0 Å². The van der Waals surface area contributed by atoms with Crippen LogP contribution >= 0.6 is 28.5 Å². The predicted octanol–water partition coefficient (Wildman–Crippen LogP) is 4.94. The first-order chi connectivity index (χ1) is 12.0. The second-order valence-electron chi connectivity index (χ2n) is 9.71. The van der Waals surface area contributed by atoms with Crippen LogP contribution in [0.25, 0.3) is 0 Å². The van der Waals surface area contributed by atoms with Crippen molar-refractivity contribution in [3.8, 4) is 0 Å². The lowest BCUT2D eigenvalue weighted by molar-refractivity contribution is -0.148. The molecule has 4 aliphatic carbocycles. The minimum atomic E-state index is -0.0793. The number of aliphatic hydroxyl groups excluding tert-OH is 2. The van der Waals surface area contributed by atoms with Gasteiger partial charge in [-0.1, -0.05) is 6.92 Å². The third-order valence-electron chi connectivity index (χ3n) is 9.08. The number of rotatable bonds is 4. The number of aliphatic hydroxyl groups is 2. The molecule has 2 N–H and O–H groups in total. The molecule has 0 aliphatic heterocycles. The van der Waals surface area contributed by atoms with E-state index in [1.54, 1.807) is 0 Å². The van der Waals surface area contributed by atoms with Crippen molar-refractivity contribution in [2.45, 2.75) is 70.8 Å². The van der Waals surface area contributed by atoms with E-state index >= 15 is 0 Å². The Kier molecular flexibility index (Phi) is 5.78. The Morgan fingerprint density at radius 1 is 1.08 bits per heavy atom. The number of halogens is 1. The molecule has 0 bridgehead atoms. The van der Waals surface area contributed by atoms with Crippen LogP contribution in [-0.4, -0.2) is 29.5 Å². The number of fused-ring (bicyclic) bond motifs is 5. The molecule has 9 atom stereocenters. The van der Waals surface area contributed by atoms with E-state index in [0.29, 0.717) is 24.4 Å². The predicted molar refractivity (Wildman–Crippen MR) is 111 cm³/mol. The smallest absolute Gasteiger partial charge is 0.0793 e. The Morgan fingerprint density at radius 2 is 1.92 bits per heavy atom. The maximum Gasteiger partial charge on any atom is 0.0793 e. The van der Waals surface area contributed by atoms with Gasteiger partial charge in [-0.15, -0.1) is 0 Å². The van der Waals surface area contributed by atoms with Crippen LogP contribution in [0.4, 0.5) is 0 Å². The molecule has 144 valence electrons. The van der Waals surface area contributed by atoms with Gasteiger partial charge in [-0.25, -0.2) is 0 Å². The van der Waals surface area contributed by atoms with E-state index in [1.807, 2.05) is 0 Å². The summed E-state index contributed by atoms with van der Waals surface area (Å²) in [6, 6.07) is 0. The first kappa shape index (κ1) is 19.4. The molecule has 25 heavy (non-hydrogen) atoms. The lowest BCUT2D eigenvalue weighted by atomic mass is 9.44. The second-order valence-corrected chi connectivity index (χ2v) is 11.5. The lowest BCUT2D eigenvalue weighted by Crippen LogP contribution is -2.56. The fourth-order valence-electron chi connectivity index (χ4n) is 7.72. The monoisotopic (exact) mass is 480 g/mol. The molecule has 0 aromatic carbocycles. The van der Waals surface area contributed by atoms with Gasteiger partial charge in [-0.05, 0) is 115 Å². The van der Waals surface area contributed by atoms with Crippen LogP contribution in [0.1, 0.15) is 64.7 Å². The van der Waals surface area contributed by atoms with Gasteiger partial charge in [0.15, 0.2) is 0 Å². The van der Waals surface area contributed by atoms with Gasteiger partial charge in [0.2, 0.25) is 0 Å². The Hall–Kier alpha value is 1.04. The summed E-state index contributed by atoms with van der Waals surface area (Å²) in [5.74, 6) is 3.54. The highest BCUT2D eigenvalue weighted by Crippen LogP contribution is 2.67. The van der Waals surface area contributed by atoms with E-state index in [-0.39, 0.29) is 11.5 Å². The van der Waals surface area contributed by atoms with E-state index in [1.165, 1.54) is 51.4 Å². The first-order valence-electron chi connectivity index (χ1n) is 10.3. The van der Waals surface area contributed by atoms with E-state index in [9.17, 15) is 10.2 Å². The summed E-state index contributed by atoms with van der Waals surface area (Å²) in [5, 5.41) is 20.3. The Bertz CT molecular complexity index is 492. The summed E-state index contributed by atoms with van der Waals surface area (Å²) in [7, 11) is 0. The topological polar surface area (TPSA) is 49.7 Å². The Labute approximate surface area is 167 Å². The van der Waals surface area contributed by atoms with Crippen LogP contribution < -0.4 is 0 Å². The normalized spacial score (nSPS) is 52.8. The fraction of sp³-hybridized carbons (Fsp3) is 1.00. The molecule has 0 amide bonds. The van der Waals surface area contributed by atoms with E-state index in [4.69, 9.17) is 4.52 Å². The van der Waals surface area contributed by atoms with Crippen LogP contribution in [0.15, 0.2) is 0 Å². The summed E-state index contributed by atoms with van der Waals surface area (Å²) in [6.45, 7) is 4.22. The minimum absolute atomic E-state index is 0.0793. The molecule has 4 aliphatic rings. The van der Waals surface area contributed by atoms with Crippen molar-refractivity contribution in [1.82, 2.24) is 0 Å². The van der Waals surface area contributed by atoms with Crippen molar-refractivity contribution in [1.29, 1.82) is 0 Å². The average Bonchev–Trinajstić information content (AvgIpc) is 2.94. The van der Waals surface area contributed by atoms with Gasteiger partial charge in [0, 0.05) is 12.0 Å². The molecule has 0 heterocycles. The molecule has 4 fully saturated rings. The van der Waals surface area contributed by atoms with Gasteiger partial charge in [-0.3, -0.25) is 0 Å². The standard InChI is InChI=1S/C20H34IO3P/c1-19-8-7-17-15(16(19)4-5-18(19)23)3-2-14-10-13(11-22)6-9-20(14,17)12-24-25-21/h13-18,22-23,25H,2-12H2,1H3. The van der Waals surface area contributed by atoms with Crippen molar-refractivity contribution in [3.05, 3.63) is 0 Å². The largest absolute Gasteiger partial charge is 0.396 e. The van der Waals surface area contributed by atoms with Gasteiger partial charge in [0.1, 0.15) is 0 Å². The van der Waals surface area contributed by atoms with Crippen LogP contribution in [0, 0.1) is 40.4 Å². The zero-order chi connectivity index (χ0) is 17.7. The van der Waals surface area contributed by atoms with Crippen LogP contribution in [-0.2, 0) is 4.52 Å². The summed E-state index contributed by atoms with van der Waals surface area (Å²) in [4.78, 5) is 0. The van der Waals surface area contributed by atoms with Crippen molar-refractivity contribution in [2.75, 3.05) is 13.2 Å². The van der Waals surface area contributed by atoms with Crippen molar-refractivity contribution in [3.63, 3.8) is 0 Å². The summed E-state index contributed by atoms with van der Waals surface area (Å²) < 4.78 is 6.11. The minimum Gasteiger partial charge on any atom is -0.396 e. The molecule has 0 radical (unpaired) electrons. The lowest BCUT2D eigenvalue weighted by Gasteiger charge is -2.61. The third-order valence-corrected chi connectivity index (χ3v) is 10.3. The van der Waals surface area contributed by atoms with Crippen molar-refractivity contribution in [2.24, 2.45) is 40.4 Å². The van der Waals surface area contributed by atoms with Crippen LogP contribution in [0.2, 0.25) is 0 Å². The molecular formula is C20H34IO3P. The fourth-order valence-corrected chi connectivity index (χ4v) is 8.51. The molecule has 0 spiro atoms. The highest BCUT2D eigenvalue weighted by atomic mass is 127. The summed E-state index contributed by atoms with van der Waals surface area (Å²) in [6.07, 6.45) is 10.9. The number of hydrogen-bond donors (Lipinski definition) is 2. The van der Waals surface area contributed by atoms with Gasteiger partial charge < -0.3 is 14.7 Å². The number of hydrogen-bond acceptors (Lipinski definition) is 3. The van der Waals surface area contributed by atoms with Gasteiger partial charge in [0.05, 0.1) is 19.2 Å². The van der Waals surface area contributed by atoms with Crippen LogP contribution in [0.3, 0.4) is 0 Å². The molecular weight excluding hydrogens is 446 g/mol. The quantitative estimate of drug-likeness (QED) is 0.443. The zero-order valence-corrected chi connectivity index (χ0v) is 18.6. The average molecular weight is 480 g/mol. The SMILES string of the molecule is CC12CCC3C(CCC4CC(CO)CCC43COPI)C1CCC2O. The van der Waals surface area contributed by atoms with Gasteiger partial charge in [-0.2, -0.15) is 0 Å². The zero-order valence-electron chi connectivity index (χ0n) is 15.4. The van der Waals surface area contributed by atoms with Crippen molar-refractivity contribution >= 4 is 28.5 Å². The maximum atomic E-state index is 10.6. The highest BCUT2D eigenvalue weighted by Gasteiger charge is 2.61. The molecule has 0 saturated heterocycles. The molecule has 4 saturated carbocycles. The van der Waals surface area contributed by atoms with Gasteiger partial charge >= 0.3 is 0 Å². The highest BCUT2D eigenvalue weighted by molar-refractivity contribution is 14.2. The maximum absolute atomic E-state index is 10.6. The van der Waals surface area contributed by atoms with Crippen LogP contribution in [0.5, 0.6) is 0 Å². The molecule has 0 aromatic rings. The summed E-state index contributed by atoms with van der Waals surface area (Å²) in [5.41, 5.74) is 0.519. The molecule has 3 nitrogen and oxygen atoms in total. The molecule has 5 heteroatoms. The van der Waals surface area contributed by atoms with E-state index in [0.717, 1.165) is 36.7 Å². The molecule has 9 unspecified atom stereocenters. The second kappa shape index (κ2) is 7.46. The van der Waals surface area contributed by atoms with E-state index < -0.39 is 0 Å². The van der Waals surface area contributed by atoms with Gasteiger partial charge in [0.25, 0.3) is 0 Å². The molecule has 0 aromatic heterocycles. The van der Waals surface area contributed by atoms with Crippen molar-refractivity contribution < 1.29 is 14.7 Å². The third kappa shape index (κ3) is 3.05. The Balaban J connectivity index is 1.62. The Morgan fingerprint density at radius 3 is 2.68 bits per heavy atom. The first-order valence-corrected chi connectivity index (χ1v) is 14.3. The summed E-state index contributed by atoms with van der Waals surface area (Å²) >= 11 is 2.36.